The largest absolute Gasteiger partial charge is 0.396 e. The fourth-order valence-electron chi connectivity index (χ4n) is 2.60. The van der Waals surface area contributed by atoms with Crippen molar-refractivity contribution in [2.24, 2.45) is 11.3 Å². The van der Waals surface area contributed by atoms with Gasteiger partial charge < -0.3 is 10.4 Å². The van der Waals surface area contributed by atoms with E-state index in [1.165, 1.54) is 25.7 Å². The quantitative estimate of drug-likeness (QED) is 0.746. The molecule has 1 aliphatic carbocycles. The summed E-state index contributed by atoms with van der Waals surface area (Å²) in [5, 5.41) is 13.6. The third kappa shape index (κ3) is 5.50. The topological polar surface area (TPSA) is 32.3 Å². The van der Waals surface area contributed by atoms with Gasteiger partial charge in [-0.15, -0.1) is 0 Å². The van der Waals surface area contributed by atoms with E-state index in [2.05, 4.69) is 44.8 Å². The molecule has 0 spiro atoms. The van der Waals surface area contributed by atoms with Crippen molar-refractivity contribution < 1.29 is 5.11 Å². The van der Waals surface area contributed by atoms with Gasteiger partial charge in [0.15, 0.2) is 0 Å². The molecule has 0 heterocycles. The van der Waals surface area contributed by atoms with Crippen LogP contribution in [0.25, 0.3) is 0 Å². The maximum absolute atomic E-state index is 9.15. The van der Waals surface area contributed by atoms with Crippen LogP contribution in [0, 0.1) is 11.3 Å². The number of aliphatic hydroxyl groups excluding tert-OH is 1. The fraction of sp³-hybridized carbons (Fsp3) is 1.00. The number of rotatable bonds is 7. The molecular formula is C15H31NOS. The standard InChI is InChI=1S/C15H31NOS/c1-5-8-16-13-6-7-15(3,4)9-14(13)18-11-12(2)10-17/h12-14,16-17H,5-11H2,1-4H3. The highest BCUT2D eigenvalue weighted by atomic mass is 32.2. The molecule has 18 heavy (non-hydrogen) atoms. The molecule has 1 aliphatic rings. The van der Waals surface area contributed by atoms with E-state index in [0.29, 0.717) is 29.2 Å². The average Bonchev–Trinajstić information content (AvgIpc) is 2.34. The molecule has 3 atom stereocenters. The van der Waals surface area contributed by atoms with E-state index in [-0.39, 0.29) is 0 Å². The second-order valence-corrected chi connectivity index (χ2v) is 7.90. The van der Waals surface area contributed by atoms with Crippen molar-refractivity contribution in [3.63, 3.8) is 0 Å². The second kappa shape index (κ2) is 7.76. The summed E-state index contributed by atoms with van der Waals surface area (Å²) in [5.41, 5.74) is 0.491. The highest BCUT2D eigenvalue weighted by Crippen LogP contribution is 2.40. The van der Waals surface area contributed by atoms with Crippen LogP contribution in [0.15, 0.2) is 0 Å². The Morgan fingerprint density at radius 2 is 2.17 bits per heavy atom. The van der Waals surface area contributed by atoms with Gasteiger partial charge in [0.25, 0.3) is 0 Å². The van der Waals surface area contributed by atoms with Gasteiger partial charge in [0.2, 0.25) is 0 Å². The molecule has 1 rings (SSSR count). The van der Waals surface area contributed by atoms with E-state index in [1.807, 2.05) is 0 Å². The molecule has 3 heteroatoms. The first-order chi connectivity index (χ1) is 8.48. The molecule has 0 aliphatic heterocycles. The minimum Gasteiger partial charge on any atom is -0.396 e. The fourth-order valence-corrected chi connectivity index (χ4v) is 4.31. The highest BCUT2D eigenvalue weighted by molar-refractivity contribution is 7.99. The first-order valence-corrected chi connectivity index (χ1v) is 8.49. The van der Waals surface area contributed by atoms with Crippen LogP contribution >= 0.6 is 11.8 Å². The molecule has 0 saturated heterocycles. The molecule has 2 nitrogen and oxygen atoms in total. The van der Waals surface area contributed by atoms with Crippen molar-refractivity contribution in [1.29, 1.82) is 0 Å². The van der Waals surface area contributed by atoms with E-state index in [4.69, 9.17) is 5.11 Å². The molecule has 0 aromatic heterocycles. The Morgan fingerprint density at radius 1 is 1.44 bits per heavy atom. The molecule has 0 aromatic rings. The summed E-state index contributed by atoms with van der Waals surface area (Å²) in [6.07, 6.45) is 5.15. The smallest absolute Gasteiger partial charge is 0.0464 e. The molecule has 0 radical (unpaired) electrons. The van der Waals surface area contributed by atoms with Crippen molar-refractivity contribution in [3.8, 4) is 0 Å². The molecule has 0 amide bonds. The minimum atomic E-state index is 0.316. The SMILES string of the molecule is CCCNC1CCC(C)(C)CC1SCC(C)CO. The van der Waals surface area contributed by atoms with E-state index in [1.54, 1.807) is 0 Å². The van der Waals surface area contributed by atoms with Crippen molar-refractivity contribution >= 4 is 11.8 Å². The van der Waals surface area contributed by atoms with Gasteiger partial charge in [0.05, 0.1) is 0 Å². The lowest BCUT2D eigenvalue weighted by molar-refractivity contribution is 0.213. The molecular weight excluding hydrogens is 242 g/mol. The third-order valence-corrected chi connectivity index (χ3v) is 5.58. The molecule has 3 unspecified atom stereocenters. The van der Waals surface area contributed by atoms with Gasteiger partial charge in [-0.2, -0.15) is 11.8 Å². The predicted octanol–water partition coefficient (Wildman–Crippen LogP) is 3.29. The van der Waals surface area contributed by atoms with Crippen molar-refractivity contribution in [3.05, 3.63) is 0 Å². The van der Waals surface area contributed by atoms with Gasteiger partial charge >= 0.3 is 0 Å². The summed E-state index contributed by atoms with van der Waals surface area (Å²) in [5.74, 6) is 1.51. The van der Waals surface area contributed by atoms with Crippen LogP contribution < -0.4 is 5.32 Å². The monoisotopic (exact) mass is 273 g/mol. The first kappa shape index (κ1) is 16.3. The highest BCUT2D eigenvalue weighted by Gasteiger charge is 2.34. The molecule has 2 N–H and O–H groups in total. The van der Waals surface area contributed by atoms with E-state index in [9.17, 15) is 0 Å². The maximum Gasteiger partial charge on any atom is 0.0464 e. The van der Waals surface area contributed by atoms with Gasteiger partial charge in [-0.3, -0.25) is 0 Å². The van der Waals surface area contributed by atoms with Crippen LogP contribution in [0.3, 0.4) is 0 Å². The number of aliphatic hydroxyl groups is 1. The summed E-state index contributed by atoms with van der Waals surface area (Å²) < 4.78 is 0. The Kier molecular flexibility index (Phi) is 7.04. The summed E-state index contributed by atoms with van der Waals surface area (Å²) >= 11 is 2.07. The lowest BCUT2D eigenvalue weighted by atomic mass is 9.75. The maximum atomic E-state index is 9.15. The average molecular weight is 273 g/mol. The van der Waals surface area contributed by atoms with Crippen molar-refractivity contribution in [1.82, 2.24) is 5.32 Å². The molecule has 1 saturated carbocycles. The first-order valence-electron chi connectivity index (χ1n) is 7.44. The van der Waals surface area contributed by atoms with Crippen LogP contribution in [0.4, 0.5) is 0 Å². The predicted molar refractivity (Wildman–Crippen MR) is 82.2 cm³/mol. The molecule has 1 fully saturated rings. The number of thioether (sulfide) groups is 1. The zero-order valence-corrected chi connectivity index (χ0v) is 13.4. The van der Waals surface area contributed by atoms with E-state index < -0.39 is 0 Å². The lowest BCUT2D eigenvalue weighted by Crippen LogP contribution is -2.45. The number of hydrogen-bond acceptors (Lipinski definition) is 3. The van der Waals surface area contributed by atoms with Gasteiger partial charge in [-0.1, -0.05) is 27.7 Å². The Labute approximate surface area is 117 Å². The van der Waals surface area contributed by atoms with Crippen LogP contribution in [0.5, 0.6) is 0 Å². The minimum absolute atomic E-state index is 0.316. The summed E-state index contributed by atoms with van der Waals surface area (Å²) in [6.45, 7) is 10.6. The Hall–Kier alpha value is 0.270. The Morgan fingerprint density at radius 3 is 2.78 bits per heavy atom. The van der Waals surface area contributed by atoms with Gasteiger partial charge in [-0.25, -0.2) is 0 Å². The number of hydrogen-bond donors (Lipinski definition) is 2. The zero-order chi connectivity index (χ0) is 13.6. The zero-order valence-electron chi connectivity index (χ0n) is 12.5. The molecule has 0 aromatic carbocycles. The van der Waals surface area contributed by atoms with Gasteiger partial charge in [-0.05, 0) is 49.3 Å². The third-order valence-electron chi connectivity index (χ3n) is 3.90. The van der Waals surface area contributed by atoms with Crippen molar-refractivity contribution in [2.75, 3.05) is 18.9 Å². The molecule has 0 bridgehead atoms. The van der Waals surface area contributed by atoms with Crippen LogP contribution in [0.2, 0.25) is 0 Å². The van der Waals surface area contributed by atoms with Crippen LogP contribution in [-0.2, 0) is 0 Å². The van der Waals surface area contributed by atoms with Gasteiger partial charge in [0, 0.05) is 17.9 Å². The van der Waals surface area contributed by atoms with Crippen LogP contribution in [0.1, 0.15) is 53.4 Å². The summed E-state index contributed by atoms with van der Waals surface area (Å²) in [6, 6.07) is 0.675. The summed E-state index contributed by atoms with van der Waals surface area (Å²) in [4.78, 5) is 0. The summed E-state index contributed by atoms with van der Waals surface area (Å²) in [7, 11) is 0. The normalized spacial score (nSPS) is 29.2. The van der Waals surface area contributed by atoms with E-state index >= 15 is 0 Å². The lowest BCUT2D eigenvalue weighted by Gasteiger charge is -2.41. The van der Waals surface area contributed by atoms with Crippen molar-refractivity contribution in [2.45, 2.75) is 64.7 Å². The van der Waals surface area contributed by atoms with Gasteiger partial charge in [0.1, 0.15) is 0 Å². The van der Waals surface area contributed by atoms with E-state index in [0.717, 1.165) is 12.3 Å². The van der Waals surface area contributed by atoms with Crippen LogP contribution in [-0.4, -0.2) is 35.3 Å². The number of nitrogens with one attached hydrogen (secondary N) is 1. The second-order valence-electron chi connectivity index (χ2n) is 6.63. The molecule has 108 valence electrons. The Bertz CT molecular complexity index is 233. The Balaban J connectivity index is 2.48.